The fourth-order valence-electron chi connectivity index (χ4n) is 4.02. The zero-order chi connectivity index (χ0) is 22.6. The fourth-order valence-corrected chi connectivity index (χ4v) is 4.77. The van der Waals surface area contributed by atoms with Crippen LogP contribution in [-0.4, -0.2) is 22.1 Å². The van der Waals surface area contributed by atoms with Gasteiger partial charge in [-0.3, -0.25) is 14.2 Å². The summed E-state index contributed by atoms with van der Waals surface area (Å²) in [4.78, 5) is 26.4. The quantitative estimate of drug-likeness (QED) is 0.304. The molecule has 162 valence electrons. The van der Waals surface area contributed by atoms with Crippen LogP contribution in [0, 0.1) is 0 Å². The summed E-state index contributed by atoms with van der Waals surface area (Å²) in [7, 11) is 0. The van der Waals surface area contributed by atoms with Crippen molar-refractivity contribution in [2.45, 2.75) is 11.3 Å². The second-order valence-electron chi connectivity index (χ2n) is 7.79. The Balaban J connectivity index is 1.25. The number of carbonyl (C=O) groups is 2. The Labute approximate surface area is 196 Å². The van der Waals surface area contributed by atoms with Crippen molar-refractivity contribution < 1.29 is 9.59 Å². The van der Waals surface area contributed by atoms with Gasteiger partial charge in [-0.2, -0.15) is 0 Å². The fraction of sp³-hybridized carbons (Fsp3) is 0.0714. The lowest BCUT2D eigenvalue weighted by Gasteiger charge is -2.08. The van der Waals surface area contributed by atoms with Crippen molar-refractivity contribution in [2.24, 2.45) is 0 Å². The van der Waals surface area contributed by atoms with Gasteiger partial charge < -0.3 is 5.32 Å². The summed E-state index contributed by atoms with van der Waals surface area (Å²) in [5, 5.41) is 5.10. The van der Waals surface area contributed by atoms with Gasteiger partial charge in [-0.1, -0.05) is 66.7 Å². The average molecular weight is 451 g/mol. The molecule has 0 saturated heterocycles. The number of amides is 1. The van der Waals surface area contributed by atoms with E-state index in [0.29, 0.717) is 12.2 Å². The van der Waals surface area contributed by atoms with Gasteiger partial charge in [0, 0.05) is 21.4 Å². The molecule has 0 atom stereocenters. The van der Waals surface area contributed by atoms with E-state index in [2.05, 4.69) is 17.4 Å². The second kappa shape index (κ2) is 9.35. The Hall–Kier alpha value is -3.83. The highest BCUT2D eigenvalue weighted by Crippen LogP contribution is 2.29. The highest BCUT2D eigenvalue weighted by molar-refractivity contribution is 8.00. The van der Waals surface area contributed by atoms with Gasteiger partial charge in [0.15, 0.2) is 0 Å². The predicted octanol–water partition coefficient (Wildman–Crippen LogP) is 6.41. The number of fused-ring (bicyclic) bond motifs is 3. The van der Waals surface area contributed by atoms with E-state index in [1.54, 1.807) is 0 Å². The van der Waals surface area contributed by atoms with Gasteiger partial charge in [-0.15, -0.1) is 11.8 Å². The standard InChI is InChI=1S/C28H22N2O2S/c31-27(18-20-8-2-1-3-9-20)29-21-14-16-22(17-15-21)33-19-28(32)30-25-12-6-4-10-23(25)24-11-5-7-13-26(24)30/h1-17H,18-19H2,(H,29,31). The number of para-hydroxylation sites is 2. The third-order valence-electron chi connectivity index (χ3n) is 5.54. The summed E-state index contributed by atoms with van der Waals surface area (Å²) in [6, 6.07) is 33.3. The minimum absolute atomic E-state index is 0.0395. The zero-order valence-corrected chi connectivity index (χ0v) is 18.7. The summed E-state index contributed by atoms with van der Waals surface area (Å²) >= 11 is 1.49. The summed E-state index contributed by atoms with van der Waals surface area (Å²) in [5.41, 5.74) is 3.58. The van der Waals surface area contributed by atoms with Crippen molar-refractivity contribution >= 4 is 51.1 Å². The van der Waals surface area contributed by atoms with Crippen LogP contribution in [0.15, 0.2) is 108 Å². The number of thioether (sulfide) groups is 1. The van der Waals surface area contributed by atoms with Gasteiger partial charge in [-0.05, 0) is 42.0 Å². The van der Waals surface area contributed by atoms with Crippen molar-refractivity contribution in [2.75, 3.05) is 11.1 Å². The SMILES string of the molecule is O=C(Cc1ccccc1)Nc1ccc(SCC(=O)n2c3ccccc3c3ccccc32)cc1. The Bertz CT molecular complexity index is 1390. The summed E-state index contributed by atoms with van der Waals surface area (Å²) < 4.78 is 1.82. The summed E-state index contributed by atoms with van der Waals surface area (Å²) in [6.45, 7) is 0. The number of nitrogens with zero attached hydrogens (tertiary/aromatic N) is 1. The molecule has 0 unspecified atom stereocenters. The van der Waals surface area contributed by atoms with E-state index in [1.165, 1.54) is 11.8 Å². The molecular formula is C28H22N2O2S. The van der Waals surface area contributed by atoms with E-state index < -0.39 is 0 Å². The summed E-state index contributed by atoms with van der Waals surface area (Å²) in [5.74, 6) is 0.309. The van der Waals surface area contributed by atoms with Crippen LogP contribution in [0.1, 0.15) is 10.4 Å². The van der Waals surface area contributed by atoms with Crippen LogP contribution in [0.4, 0.5) is 5.69 Å². The third kappa shape index (κ3) is 4.54. The van der Waals surface area contributed by atoms with Crippen LogP contribution in [-0.2, 0) is 11.2 Å². The first kappa shape index (κ1) is 21.0. The number of rotatable bonds is 6. The van der Waals surface area contributed by atoms with Crippen LogP contribution in [0.5, 0.6) is 0 Å². The van der Waals surface area contributed by atoms with Crippen LogP contribution in [0.2, 0.25) is 0 Å². The molecule has 1 heterocycles. The molecule has 1 N–H and O–H groups in total. The van der Waals surface area contributed by atoms with E-state index in [4.69, 9.17) is 0 Å². The first-order valence-corrected chi connectivity index (χ1v) is 11.8. The first-order valence-electron chi connectivity index (χ1n) is 10.8. The number of aromatic nitrogens is 1. The molecule has 4 aromatic carbocycles. The Morgan fingerprint density at radius 1 is 0.697 bits per heavy atom. The molecule has 33 heavy (non-hydrogen) atoms. The molecule has 5 heteroatoms. The zero-order valence-electron chi connectivity index (χ0n) is 17.9. The lowest BCUT2D eigenvalue weighted by atomic mass is 10.1. The topological polar surface area (TPSA) is 51.1 Å². The first-order chi connectivity index (χ1) is 16.2. The van der Waals surface area contributed by atoms with Gasteiger partial charge in [0.25, 0.3) is 0 Å². The minimum Gasteiger partial charge on any atom is -0.326 e. The number of hydrogen-bond donors (Lipinski definition) is 1. The number of benzene rings is 4. The normalized spacial score (nSPS) is 11.0. The lowest BCUT2D eigenvalue weighted by Crippen LogP contribution is -2.14. The molecule has 5 aromatic rings. The van der Waals surface area contributed by atoms with Gasteiger partial charge in [0.1, 0.15) is 0 Å². The summed E-state index contributed by atoms with van der Waals surface area (Å²) in [6.07, 6.45) is 0.338. The number of nitrogens with one attached hydrogen (secondary N) is 1. The molecule has 0 aliphatic carbocycles. The predicted molar refractivity (Wildman–Crippen MR) is 136 cm³/mol. The van der Waals surface area contributed by atoms with E-state index in [1.807, 2.05) is 95.6 Å². The number of carbonyl (C=O) groups excluding carboxylic acids is 2. The Morgan fingerprint density at radius 2 is 1.27 bits per heavy atom. The van der Waals surface area contributed by atoms with Crippen LogP contribution in [0.3, 0.4) is 0 Å². The number of hydrogen-bond acceptors (Lipinski definition) is 3. The molecule has 1 amide bonds. The molecule has 4 nitrogen and oxygen atoms in total. The molecule has 0 saturated carbocycles. The third-order valence-corrected chi connectivity index (χ3v) is 6.53. The van der Waals surface area contributed by atoms with E-state index in [9.17, 15) is 9.59 Å². The van der Waals surface area contributed by atoms with Gasteiger partial charge in [0.05, 0.1) is 23.2 Å². The van der Waals surface area contributed by atoms with Crippen LogP contribution >= 0.6 is 11.8 Å². The maximum atomic E-state index is 13.2. The Kier molecular flexibility index (Phi) is 5.96. The van der Waals surface area contributed by atoms with Gasteiger partial charge in [0.2, 0.25) is 11.8 Å². The van der Waals surface area contributed by atoms with E-state index in [0.717, 1.165) is 38.0 Å². The maximum Gasteiger partial charge on any atom is 0.241 e. The molecule has 0 fully saturated rings. The molecule has 5 rings (SSSR count). The molecule has 0 spiro atoms. The van der Waals surface area contributed by atoms with E-state index in [-0.39, 0.29) is 11.8 Å². The van der Waals surface area contributed by atoms with Crippen LogP contribution in [0.25, 0.3) is 21.8 Å². The second-order valence-corrected chi connectivity index (χ2v) is 8.84. The lowest BCUT2D eigenvalue weighted by molar-refractivity contribution is -0.115. The maximum absolute atomic E-state index is 13.2. The van der Waals surface area contributed by atoms with Crippen molar-refractivity contribution in [3.8, 4) is 0 Å². The molecular weight excluding hydrogens is 428 g/mol. The highest BCUT2D eigenvalue weighted by Gasteiger charge is 2.15. The molecule has 0 radical (unpaired) electrons. The van der Waals surface area contributed by atoms with Crippen molar-refractivity contribution in [1.82, 2.24) is 4.57 Å². The molecule has 0 bridgehead atoms. The Morgan fingerprint density at radius 3 is 1.91 bits per heavy atom. The van der Waals surface area contributed by atoms with Crippen molar-refractivity contribution in [3.63, 3.8) is 0 Å². The monoisotopic (exact) mass is 450 g/mol. The largest absolute Gasteiger partial charge is 0.326 e. The number of anilines is 1. The molecule has 1 aromatic heterocycles. The van der Waals surface area contributed by atoms with Crippen LogP contribution < -0.4 is 5.32 Å². The van der Waals surface area contributed by atoms with Gasteiger partial charge in [-0.25, -0.2) is 0 Å². The van der Waals surface area contributed by atoms with Crippen molar-refractivity contribution in [3.05, 3.63) is 109 Å². The minimum atomic E-state index is -0.0526. The average Bonchev–Trinajstić information content (AvgIpc) is 3.19. The van der Waals surface area contributed by atoms with E-state index >= 15 is 0 Å². The smallest absolute Gasteiger partial charge is 0.241 e. The highest BCUT2D eigenvalue weighted by atomic mass is 32.2. The van der Waals surface area contributed by atoms with Gasteiger partial charge >= 0.3 is 0 Å². The molecule has 0 aliphatic rings. The van der Waals surface area contributed by atoms with Crippen molar-refractivity contribution in [1.29, 1.82) is 0 Å². The molecule has 0 aliphatic heterocycles.